The Kier molecular flexibility index (Phi) is 4.64. The van der Waals surface area contributed by atoms with Crippen molar-refractivity contribution in [2.75, 3.05) is 6.54 Å². The largest absolute Gasteiger partial charge is 0.457 e. The SMILES string of the molecule is Cc1noc(C)c1COC(=O)c1ccc(CN2CCCC2=O)cc1. The number of amides is 1. The molecular weight excluding hydrogens is 308 g/mol. The van der Waals surface area contributed by atoms with Gasteiger partial charge in [0.1, 0.15) is 12.4 Å². The highest BCUT2D eigenvalue weighted by molar-refractivity contribution is 5.89. The van der Waals surface area contributed by atoms with E-state index in [2.05, 4.69) is 5.16 Å². The summed E-state index contributed by atoms with van der Waals surface area (Å²) in [5, 5.41) is 3.83. The van der Waals surface area contributed by atoms with Crippen LogP contribution in [0.2, 0.25) is 0 Å². The van der Waals surface area contributed by atoms with E-state index in [4.69, 9.17) is 9.26 Å². The molecule has 0 aliphatic carbocycles. The molecule has 1 saturated heterocycles. The second-order valence-electron chi connectivity index (χ2n) is 5.99. The fourth-order valence-electron chi connectivity index (χ4n) is 2.77. The first-order valence-electron chi connectivity index (χ1n) is 8.00. The average Bonchev–Trinajstić information content (AvgIpc) is 3.12. The van der Waals surface area contributed by atoms with Gasteiger partial charge < -0.3 is 14.2 Å². The van der Waals surface area contributed by atoms with E-state index in [0.29, 0.717) is 24.3 Å². The number of hydrogen-bond donors (Lipinski definition) is 0. The zero-order valence-corrected chi connectivity index (χ0v) is 13.9. The van der Waals surface area contributed by atoms with Crippen LogP contribution in [0.1, 0.15) is 45.8 Å². The summed E-state index contributed by atoms with van der Waals surface area (Å²) >= 11 is 0. The van der Waals surface area contributed by atoms with Crippen molar-refractivity contribution in [3.05, 3.63) is 52.4 Å². The van der Waals surface area contributed by atoms with Crippen LogP contribution in [0.4, 0.5) is 0 Å². The summed E-state index contributed by atoms with van der Waals surface area (Å²) in [4.78, 5) is 25.6. The summed E-state index contributed by atoms with van der Waals surface area (Å²) in [6, 6.07) is 7.17. The summed E-state index contributed by atoms with van der Waals surface area (Å²) in [5.41, 5.74) is 3.02. The zero-order chi connectivity index (χ0) is 17.1. The lowest BCUT2D eigenvalue weighted by Gasteiger charge is -2.15. The predicted octanol–water partition coefficient (Wildman–Crippen LogP) is 2.77. The molecule has 24 heavy (non-hydrogen) atoms. The van der Waals surface area contributed by atoms with E-state index in [9.17, 15) is 9.59 Å². The first-order valence-corrected chi connectivity index (χ1v) is 8.00. The molecule has 0 bridgehead atoms. The number of ether oxygens (including phenoxy) is 1. The summed E-state index contributed by atoms with van der Waals surface area (Å²) in [6.45, 7) is 5.14. The van der Waals surface area contributed by atoms with Gasteiger partial charge in [0, 0.05) is 19.5 Å². The monoisotopic (exact) mass is 328 g/mol. The van der Waals surface area contributed by atoms with E-state index in [1.807, 2.05) is 24.0 Å². The van der Waals surface area contributed by atoms with Gasteiger partial charge in [0.15, 0.2) is 0 Å². The van der Waals surface area contributed by atoms with Crippen molar-refractivity contribution in [1.29, 1.82) is 0 Å². The smallest absolute Gasteiger partial charge is 0.338 e. The molecule has 2 aromatic rings. The fourth-order valence-corrected chi connectivity index (χ4v) is 2.77. The van der Waals surface area contributed by atoms with Gasteiger partial charge in [-0.3, -0.25) is 4.79 Å². The molecule has 0 unspecified atom stereocenters. The van der Waals surface area contributed by atoms with Crippen LogP contribution < -0.4 is 0 Å². The number of likely N-dealkylation sites (tertiary alicyclic amines) is 1. The Bertz CT molecular complexity index is 729. The van der Waals surface area contributed by atoms with E-state index in [-0.39, 0.29) is 12.5 Å². The van der Waals surface area contributed by atoms with Gasteiger partial charge in [-0.15, -0.1) is 0 Å². The molecule has 1 aromatic carbocycles. The van der Waals surface area contributed by atoms with Crippen LogP contribution in [-0.2, 0) is 22.7 Å². The van der Waals surface area contributed by atoms with Crippen molar-refractivity contribution in [3.63, 3.8) is 0 Å². The Morgan fingerprint density at radius 1 is 1.29 bits per heavy atom. The predicted molar refractivity (Wildman–Crippen MR) is 86.2 cm³/mol. The molecule has 126 valence electrons. The van der Waals surface area contributed by atoms with Gasteiger partial charge in [-0.05, 0) is 38.0 Å². The summed E-state index contributed by atoms with van der Waals surface area (Å²) < 4.78 is 10.4. The molecule has 0 atom stereocenters. The van der Waals surface area contributed by atoms with Crippen LogP contribution in [0.25, 0.3) is 0 Å². The summed E-state index contributed by atoms with van der Waals surface area (Å²) in [7, 11) is 0. The Morgan fingerprint density at radius 2 is 2.04 bits per heavy atom. The molecule has 0 spiro atoms. The maximum absolute atomic E-state index is 12.1. The Balaban J connectivity index is 1.58. The standard InChI is InChI=1S/C18H20N2O4/c1-12-16(13(2)24-19-12)11-23-18(22)15-7-5-14(6-8-15)10-20-9-3-4-17(20)21/h5-8H,3-4,9-11H2,1-2H3. The van der Waals surface area contributed by atoms with Crippen LogP contribution in [0.5, 0.6) is 0 Å². The highest BCUT2D eigenvalue weighted by Gasteiger charge is 2.20. The molecule has 1 aromatic heterocycles. The first kappa shape index (κ1) is 16.2. The van der Waals surface area contributed by atoms with Gasteiger partial charge in [0.05, 0.1) is 16.8 Å². The molecule has 1 aliphatic heterocycles. The van der Waals surface area contributed by atoms with Gasteiger partial charge >= 0.3 is 5.97 Å². The molecule has 2 heterocycles. The lowest BCUT2D eigenvalue weighted by Crippen LogP contribution is -2.23. The average molecular weight is 328 g/mol. The normalized spacial score (nSPS) is 14.2. The number of aryl methyl sites for hydroxylation is 2. The molecule has 0 radical (unpaired) electrons. The van der Waals surface area contributed by atoms with E-state index in [1.54, 1.807) is 19.1 Å². The molecule has 1 fully saturated rings. The van der Waals surface area contributed by atoms with Crippen molar-refractivity contribution < 1.29 is 18.8 Å². The number of carbonyl (C=O) groups excluding carboxylic acids is 2. The number of benzene rings is 1. The Morgan fingerprint density at radius 3 is 2.62 bits per heavy atom. The number of rotatable bonds is 5. The molecule has 0 saturated carbocycles. The maximum atomic E-state index is 12.1. The third-order valence-corrected chi connectivity index (χ3v) is 4.26. The first-order chi connectivity index (χ1) is 11.5. The van der Waals surface area contributed by atoms with Gasteiger partial charge in [-0.1, -0.05) is 17.3 Å². The van der Waals surface area contributed by atoms with Crippen molar-refractivity contribution in [2.24, 2.45) is 0 Å². The summed E-state index contributed by atoms with van der Waals surface area (Å²) in [5.74, 6) is 0.461. The number of hydrogen-bond acceptors (Lipinski definition) is 5. The van der Waals surface area contributed by atoms with E-state index < -0.39 is 5.97 Å². The van der Waals surface area contributed by atoms with Crippen molar-refractivity contribution in [1.82, 2.24) is 10.1 Å². The molecule has 0 N–H and O–H groups in total. The van der Waals surface area contributed by atoms with Gasteiger partial charge in [-0.2, -0.15) is 0 Å². The van der Waals surface area contributed by atoms with Crippen molar-refractivity contribution in [2.45, 2.75) is 39.8 Å². The highest BCUT2D eigenvalue weighted by Crippen LogP contribution is 2.17. The molecule has 3 rings (SSSR count). The molecule has 6 heteroatoms. The number of carbonyl (C=O) groups is 2. The van der Waals surface area contributed by atoms with Crippen molar-refractivity contribution in [3.8, 4) is 0 Å². The summed E-state index contributed by atoms with van der Waals surface area (Å²) in [6.07, 6.45) is 1.55. The Labute approximate surface area is 140 Å². The van der Waals surface area contributed by atoms with E-state index in [0.717, 1.165) is 29.8 Å². The fraction of sp³-hybridized carbons (Fsp3) is 0.389. The molecule has 1 amide bonds. The minimum atomic E-state index is -0.390. The quantitative estimate of drug-likeness (QED) is 0.789. The third-order valence-electron chi connectivity index (χ3n) is 4.26. The van der Waals surface area contributed by atoms with Crippen LogP contribution in [0.3, 0.4) is 0 Å². The minimum absolute atomic E-state index is 0.143. The van der Waals surface area contributed by atoms with Crippen LogP contribution in [-0.4, -0.2) is 28.5 Å². The number of aromatic nitrogens is 1. The van der Waals surface area contributed by atoms with Gasteiger partial charge in [-0.25, -0.2) is 4.79 Å². The molecule has 6 nitrogen and oxygen atoms in total. The number of nitrogens with zero attached hydrogens (tertiary/aromatic N) is 2. The highest BCUT2D eigenvalue weighted by atomic mass is 16.5. The third kappa shape index (κ3) is 3.48. The minimum Gasteiger partial charge on any atom is -0.457 e. The van der Waals surface area contributed by atoms with E-state index >= 15 is 0 Å². The lowest BCUT2D eigenvalue weighted by atomic mass is 10.1. The lowest BCUT2D eigenvalue weighted by molar-refractivity contribution is -0.128. The second-order valence-corrected chi connectivity index (χ2v) is 5.99. The maximum Gasteiger partial charge on any atom is 0.338 e. The van der Waals surface area contributed by atoms with Crippen LogP contribution in [0.15, 0.2) is 28.8 Å². The number of esters is 1. The Hall–Kier alpha value is -2.63. The van der Waals surface area contributed by atoms with Crippen LogP contribution >= 0.6 is 0 Å². The van der Waals surface area contributed by atoms with Crippen LogP contribution in [0, 0.1) is 13.8 Å². The van der Waals surface area contributed by atoms with Gasteiger partial charge in [0.25, 0.3) is 0 Å². The second kappa shape index (κ2) is 6.86. The molecular formula is C18H20N2O4. The molecule has 1 aliphatic rings. The van der Waals surface area contributed by atoms with Gasteiger partial charge in [0.2, 0.25) is 5.91 Å². The van der Waals surface area contributed by atoms with Crippen molar-refractivity contribution >= 4 is 11.9 Å². The van der Waals surface area contributed by atoms with E-state index in [1.165, 1.54) is 0 Å². The zero-order valence-electron chi connectivity index (χ0n) is 13.9. The topological polar surface area (TPSA) is 72.6 Å².